The van der Waals surface area contributed by atoms with Gasteiger partial charge in [0.1, 0.15) is 30.2 Å². The van der Waals surface area contributed by atoms with Crippen molar-refractivity contribution >= 4 is 99.6 Å². The van der Waals surface area contributed by atoms with Crippen molar-refractivity contribution in [2.75, 3.05) is 12.3 Å². The Morgan fingerprint density at radius 1 is 0.944 bits per heavy atom. The molecule has 0 aromatic carbocycles. The zero-order valence-electron chi connectivity index (χ0n) is 16.4. The molecule has 2 aromatic heterocycles. The number of nitrogen functional groups attached to an aromatic ring is 1. The first kappa shape index (κ1) is 41.0. The molecule has 2 aromatic rings. The summed E-state index contributed by atoms with van der Waals surface area (Å²) < 4.78 is 51.9. The van der Waals surface area contributed by atoms with Crippen molar-refractivity contribution in [3.8, 4) is 0 Å². The Morgan fingerprint density at radius 2 is 1.53 bits per heavy atom. The normalized spacial score (nSPS) is 24.5. The van der Waals surface area contributed by atoms with Crippen LogP contribution in [-0.4, -0.2) is 150 Å². The van der Waals surface area contributed by atoms with Crippen LogP contribution in [0.3, 0.4) is 0 Å². The number of hydrogen-bond donors (Lipinski definition) is 7. The molecule has 0 spiro atoms. The number of phosphoric acid groups is 3. The molecular formula is C10H24N5Na2O16P3. The molecule has 1 saturated heterocycles. The van der Waals surface area contributed by atoms with Crippen LogP contribution in [-0.2, 0) is 31.6 Å². The number of aromatic nitrogens is 4. The summed E-state index contributed by atoms with van der Waals surface area (Å²) >= 11 is 0. The van der Waals surface area contributed by atoms with Gasteiger partial charge in [-0.2, -0.15) is 8.62 Å². The Balaban J connectivity index is -0.00000218. The van der Waals surface area contributed by atoms with Gasteiger partial charge in [-0.1, -0.05) is 0 Å². The second-order valence-corrected chi connectivity index (χ2v) is 10.4. The third-order valence-corrected chi connectivity index (χ3v) is 7.62. The van der Waals surface area contributed by atoms with Crippen molar-refractivity contribution in [3.63, 3.8) is 0 Å². The fourth-order valence-electron chi connectivity index (χ4n) is 2.62. The van der Waals surface area contributed by atoms with Crippen molar-refractivity contribution in [2.24, 2.45) is 0 Å². The summed E-state index contributed by atoms with van der Waals surface area (Å²) in [5, 5.41) is 20.4. The average molecular weight is 609 g/mol. The van der Waals surface area contributed by atoms with Crippen molar-refractivity contribution in [1.29, 1.82) is 0 Å². The third kappa shape index (κ3) is 10.2. The number of imidazole rings is 1. The predicted molar refractivity (Wildman–Crippen MR) is 121 cm³/mol. The van der Waals surface area contributed by atoms with Crippen molar-refractivity contribution < 1.29 is 77.8 Å². The number of nitrogens with zero attached hydrogens (tertiary/aromatic N) is 4. The van der Waals surface area contributed by atoms with Crippen LogP contribution in [0.25, 0.3) is 11.2 Å². The Hall–Kier alpha value is 0.520. The van der Waals surface area contributed by atoms with Crippen LogP contribution in [0.4, 0.5) is 5.82 Å². The monoisotopic (exact) mass is 609 g/mol. The minimum atomic E-state index is -5.70. The molecule has 3 heterocycles. The van der Waals surface area contributed by atoms with E-state index in [4.69, 9.17) is 25.2 Å². The summed E-state index contributed by atoms with van der Waals surface area (Å²) in [6.07, 6.45) is -3.69. The molecule has 0 radical (unpaired) electrons. The topological polar surface area (TPSA) is 374 Å². The van der Waals surface area contributed by atoms with E-state index in [0.29, 0.717) is 0 Å². The molecule has 1 aliphatic rings. The number of phosphoric ester groups is 1. The number of aliphatic hydroxyl groups excluding tert-OH is 2. The van der Waals surface area contributed by atoms with E-state index in [2.05, 4.69) is 28.1 Å². The van der Waals surface area contributed by atoms with Crippen LogP contribution in [0.1, 0.15) is 6.23 Å². The van der Waals surface area contributed by atoms with E-state index in [9.17, 15) is 28.8 Å². The van der Waals surface area contributed by atoms with E-state index in [-0.39, 0.29) is 92.5 Å². The van der Waals surface area contributed by atoms with Gasteiger partial charge >= 0.3 is 82.6 Å². The van der Waals surface area contributed by atoms with E-state index < -0.39 is 54.6 Å². The SMILES string of the molecule is Nc1ncnc2c1ncn2[C@@H]1O[C@H](COP(=O)(O)OP(=O)(O)OP(=O)(O)O)[C@@H](O)[C@H]1O.O.O.O.[NaH].[NaH]. The maximum atomic E-state index is 11.8. The number of nitrogens with two attached hydrogens (primary N) is 1. The number of ether oxygens (including phenoxy) is 1. The summed E-state index contributed by atoms with van der Waals surface area (Å²) in [6, 6.07) is 0. The van der Waals surface area contributed by atoms with E-state index in [1.165, 1.54) is 10.9 Å². The van der Waals surface area contributed by atoms with Crippen molar-refractivity contribution in [1.82, 2.24) is 19.5 Å². The van der Waals surface area contributed by atoms with Gasteiger partial charge in [0.25, 0.3) is 0 Å². The van der Waals surface area contributed by atoms with Crippen LogP contribution < -0.4 is 5.73 Å². The fraction of sp³-hybridized carbons (Fsp3) is 0.500. The van der Waals surface area contributed by atoms with Gasteiger partial charge < -0.3 is 56.7 Å². The van der Waals surface area contributed by atoms with E-state index in [1.807, 2.05) is 0 Å². The summed E-state index contributed by atoms with van der Waals surface area (Å²) in [6.45, 7) is -0.956. The maximum absolute atomic E-state index is 11.8. The molecule has 0 amide bonds. The number of fused-ring (bicyclic) bond motifs is 1. The molecule has 202 valence electrons. The van der Waals surface area contributed by atoms with Gasteiger partial charge in [-0.05, 0) is 0 Å². The minimum absolute atomic E-state index is 0. The zero-order chi connectivity index (χ0) is 23.2. The summed E-state index contributed by atoms with van der Waals surface area (Å²) in [5.74, 6) is 0.0426. The first-order valence-electron chi connectivity index (χ1n) is 7.92. The van der Waals surface area contributed by atoms with E-state index >= 15 is 0 Å². The third-order valence-electron chi connectivity index (χ3n) is 3.82. The zero-order valence-corrected chi connectivity index (χ0v) is 19.1. The molecule has 2 unspecified atom stereocenters. The molecular weight excluding hydrogens is 585 g/mol. The standard InChI is InChI=1S/C10H16N5O13P3.2Na.3H2O.2H/c11-8-5-9(13-2-12-8)15(3-14-5)10-7(17)6(16)4(26-10)1-25-30(21,22)28-31(23,24)27-29(18,19)20;;;;;;;/h2-4,6-7,10,16-17H,1H2,(H,21,22)(H,23,24)(H2,11,12,13)(H2,18,19,20);;;3*1H2;;/t4-,6-,7-,10-;;;;;;;/m1......./s1. The summed E-state index contributed by atoms with van der Waals surface area (Å²) in [5.41, 5.74) is 6.00. The van der Waals surface area contributed by atoms with E-state index in [0.717, 1.165) is 6.33 Å². The Labute approximate surface area is 244 Å². The van der Waals surface area contributed by atoms with Gasteiger partial charge in [-0.15, -0.1) is 0 Å². The number of hydrogen-bond acceptors (Lipinski definition) is 13. The second kappa shape index (κ2) is 15.3. The van der Waals surface area contributed by atoms with Crippen LogP contribution in [0, 0.1) is 0 Å². The number of rotatable bonds is 8. The fourth-order valence-corrected chi connectivity index (χ4v) is 5.65. The first-order chi connectivity index (χ1) is 14.2. The summed E-state index contributed by atoms with van der Waals surface area (Å²) in [7, 11) is -16.7. The molecule has 26 heteroatoms. The van der Waals surface area contributed by atoms with Crippen LogP contribution in [0.5, 0.6) is 0 Å². The van der Waals surface area contributed by atoms with Gasteiger partial charge in [0.2, 0.25) is 0 Å². The van der Waals surface area contributed by atoms with Crippen LogP contribution >= 0.6 is 23.5 Å². The molecule has 3 rings (SSSR count). The Kier molecular flexibility index (Phi) is 17.5. The molecule has 36 heavy (non-hydrogen) atoms. The average Bonchev–Trinajstić information content (AvgIpc) is 3.13. The van der Waals surface area contributed by atoms with Gasteiger partial charge in [-0.25, -0.2) is 28.6 Å². The molecule has 0 bridgehead atoms. The molecule has 0 saturated carbocycles. The second-order valence-electron chi connectivity index (χ2n) is 6.02. The van der Waals surface area contributed by atoms with Crippen molar-refractivity contribution in [2.45, 2.75) is 24.5 Å². The number of aliphatic hydroxyl groups is 2. The van der Waals surface area contributed by atoms with Gasteiger partial charge in [0, 0.05) is 0 Å². The molecule has 1 aliphatic heterocycles. The Morgan fingerprint density at radius 3 is 2.08 bits per heavy atom. The molecule has 21 nitrogen and oxygen atoms in total. The molecule has 14 N–H and O–H groups in total. The van der Waals surface area contributed by atoms with E-state index in [1.54, 1.807) is 0 Å². The van der Waals surface area contributed by atoms with Gasteiger partial charge in [0.15, 0.2) is 17.7 Å². The molecule has 1 fully saturated rings. The van der Waals surface area contributed by atoms with Crippen LogP contribution in [0.2, 0.25) is 0 Å². The molecule has 0 aliphatic carbocycles. The predicted octanol–water partition coefficient (Wildman–Crippen LogP) is -5.40. The van der Waals surface area contributed by atoms with Crippen LogP contribution in [0.15, 0.2) is 12.7 Å². The van der Waals surface area contributed by atoms with Crippen molar-refractivity contribution in [3.05, 3.63) is 12.7 Å². The molecule has 6 atom stereocenters. The van der Waals surface area contributed by atoms with Gasteiger partial charge in [-0.3, -0.25) is 9.09 Å². The summed E-state index contributed by atoms with van der Waals surface area (Å²) in [4.78, 5) is 47.2. The Bertz CT molecular complexity index is 1120. The quantitative estimate of drug-likeness (QED) is 0.108. The first-order valence-corrected chi connectivity index (χ1v) is 12.4. The number of anilines is 1. The van der Waals surface area contributed by atoms with Gasteiger partial charge in [0.05, 0.1) is 12.9 Å².